The molecule has 35 heavy (non-hydrogen) atoms. The zero-order valence-electron chi connectivity index (χ0n) is 20.9. The van der Waals surface area contributed by atoms with Gasteiger partial charge in [0.1, 0.15) is 0 Å². The van der Waals surface area contributed by atoms with E-state index < -0.39 is 11.5 Å². The molecule has 2 N–H and O–H groups in total. The van der Waals surface area contributed by atoms with Crippen molar-refractivity contribution in [3.05, 3.63) is 47.4 Å². The number of carbonyl (C=O) groups excluding carboxylic acids is 1. The average Bonchev–Trinajstić information content (AvgIpc) is 3.60. The fraction of sp³-hybridized carbons (Fsp3) is 0.500. The highest BCUT2D eigenvalue weighted by Gasteiger charge is 2.45. The van der Waals surface area contributed by atoms with E-state index in [2.05, 4.69) is 5.32 Å². The van der Waals surface area contributed by atoms with Gasteiger partial charge in [-0.3, -0.25) is 14.4 Å². The number of pyridine rings is 1. The third-order valence-corrected chi connectivity index (χ3v) is 7.52. The van der Waals surface area contributed by atoms with Gasteiger partial charge in [-0.05, 0) is 68.7 Å². The van der Waals surface area contributed by atoms with Crippen molar-refractivity contribution in [1.82, 2.24) is 9.78 Å². The maximum absolute atomic E-state index is 13.1. The third-order valence-electron chi connectivity index (χ3n) is 7.52. The first kappa shape index (κ1) is 23.4. The normalized spacial score (nSPS) is 22.3. The van der Waals surface area contributed by atoms with Gasteiger partial charge in [-0.15, -0.1) is 0 Å². The van der Waals surface area contributed by atoms with Gasteiger partial charge in [0.05, 0.1) is 42.6 Å². The van der Waals surface area contributed by atoms with Crippen LogP contribution in [-0.2, 0) is 0 Å². The van der Waals surface area contributed by atoms with Crippen LogP contribution in [0.25, 0.3) is 10.9 Å². The summed E-state index contributed by atoms with van der Waals surface area (Å²) >= 11 is 0. The first-order valence-electron chi connectivity index (χ1n) is 12.3. The number of nitrogens with zero attached hydrogens (tertiary/aromatic N) is 5. The fourth-order valence-corrected chi connectivity index (χ4v) is 5.30. The maximum Gasteiger partial charge on any atom is 0.296 e. The largest absolute Gasteiger partial charge is 0.710 e. The number of aliphatic hydroxyl groups is 1. The minimum Gasteiger partial charge on any atom is -0.710 e. The number of amides is 1. The van der Waals surface area contributed by atoms with E-state index in [0.29, 0.717) is 22.2 Å². The molecule has 2 aliphatic rings. The first-order chi connectivity index (χ1) is 16.7. The molecule has 2 aromatic heterocycles. The molecule has 9 heteroatoms. The predicted octanol–water partition coefficient (Wildman–Crippen LogP) is 3.31. The summed E-state index contributed by atoms with van der Waals surface area (Å²) in [5.41, 5.74) is 1.82. The molecular weight excluding hydrogens is 444 g/mol. The van der Waals surface area contributed by atoms with Gasteiger partial charge >= 0.3 is 0 Å². The van der Waals surface area contributed by atoms with E-state index in [1.807, 2.05) is 42.0 Å². The summed E-state index contributed by atoms with van der Waals surface area (Å²) < 4.78 is 2.67. The van der Waals surface area contributed by atoms with Gasteiger partial charge in [-0.2, -0.15) is 5.10 Å². The van der Waals surface area contributed by atoms with E-state index in [1.54, 1.807) is 31.1 Å². The van der Waals surface area contributed by atoms with Crippen molar-refractivity contribution in [2.24, 2.45) is 5.92 Å². The molecule has 1 amide bonds. The second kappa shape index (κ2) is 8.71. The molecule has 0 bridgehead atoms. The highest BCUT2D eigenvalue weighted by Crippen LogP contribution is 2.49. The lowest BCUT2D eigenvalue weighted by molar-refractivity contribution is -0.594. The van der Waals surface area contributed by atoms with Gasteiger partial charge < -0.3 is 20.5 Å². The molecule has 2 aliphatic carbocycles. The summed E-state index contributed by atoms with van der Waals surface area (Å²) in [6.45, 7) is 0. The molecule has 1 aromatic carbocycles. The molecule has 0 radical (unpaired) electrons. The summed E-state index contributed by atoms with van der Waals surface area (Å²) in [5, 5.41) is 32.3. The molecule has 2 heterocycles. The second-order valence-corrected chi connectivity index (χ2v) is 10.5. The highest BCUT2D eigenvalue weighted by molar-refractivity contribution is 6.05. The quantitative estimate of drug-likeness (QED) is 0.416. The summed E-state index contributed by atoms with van der Waals surface area (Å²) in [7, 11) is 7.35. The van der Waals surface area contributed by atoms with Crippen LogP contribution in [0.3, 0.4) is 0 Å². The van der Waals surface area contributed by atoms with Crippen LogP contribution >= 0.6 is 0 Å². The number of aromatic nitrogens is 3. The number of nitrogens with one attached hydrogen (secondary N) is 1. The number of hydrogen-bond acceptors (Lipinski definition) is 6. The van der Waals surface area contributed by atoms with E-state index in [0.717, 1.165) is 55.1 Å². The van der Waals surface area contributed by atoms with E-state index >= 15 is 0 Å². The Hall–Kier alpha value is -3.33. The summed E-state index contributed by atoms with van der Waals surface area (Å²) in [6.07, 6.45) is 7.81. The molecule has 2 saturated carbocycles. The maximum atomic E-state index is 13.1. The van der Waals surface area contributed by atoms with E-state index in [1.165, 1.54) is 6.07 Å². The van der Waals surface area contributed by atoms with Gasteiger partial charge in [0.25, 0.3) is 11.7 Å². The molecule has 186 valence electrons. The van der Waals surface area contributed by atoms with Crippen LogP contribution in [0.15, 0.2) is 36.5 Å². The standard InChI is InChI=1S/C26H34N6O3/c1-29(2)23-15-20-17(16-31(28-20)19-10-12-26(34,13-11-19)18-8-9-18)14-21(23)27-25(33)22-6-5-7-24(30(3)4)32(22)35/h5-7,14-16,18-19,34H,8-13H2,1-4H3,(H,27,33). The first-order valence-corrected chi connectivity index (χ1v) is 12.3. The molecular formula is C26H34N6O3. The van der Waals surface area contributed by atoms with Gasteiger partial charge in [0.15, 0.2) is 5.69 Å². The number of benzene rings is 1. The minimum atomic E-state index is -0.485. The zero-order valence-corrected chi connectivity index (χ0v) is 20.9. The molecule has 5 rings (SSSR count). The van der Waals surface area contributed by atoms with Crippen LogP contribution < -0.4 is 19.8 Å². The van der Waals surface area contributed by atoms with Crippen molar-refractivity contribution >= 4 is 34.0 Å². The van der Waals surface area contributed by atoms with Crippen molar-refractivity contribution in [3.8, 4) is 0 Å². The number of carbonyl (C=O) groups is 1. The molecule has 0 atom stereocenters. The van der Waals surface area contributed by atoms with Crippen LogP contribution in [0.1, 0.15) is 55.1 Å². The molecule has 0 aliphatic heterocycles. The molecule has 0 spiro atoms. The molecule has 2 fully saturated rings. The number of hydrogen-bond donors (Lipinski definition) is 2. The van der Waals surface area contributed by atoms with Crippen LogP contribution in [0.4, 0.5) is 17.2 Å². The van der Waals surface area contributed by atoms with Gasteiger partial charge in [0.2, 0.25) is 0 Å². The lowest BCUT2D eigenvalue weighted by Crippen LogP contribution is -2.41. The van der Waals surface area contributed by atoms with E-state index in [9.17, 15) is 15.1 Å². The second-order valence-electron chi connectivity index (χ2n) is 10.5. The minimum absolute atomic E-state index is 0.0297. The monoisotopic (exact) mass is 478 g/mol. The Morgan fingerprint density at radius 2 is 1.86 bits per heavy atom. The zero-order chi connectivity index (χ0) is 24.9. The van der Waals surface area contributed by atoms with Gasteiger partial charge in [-0.25, -0.2) is 4.73 Å². The number of rotatable bonds is 6. The van der Waals surface area contributed by atoms with Crippen molar-refractivity contribution < 1.29 is 14.6 Å². The Labute approximate surface area is 205 Å². The summed E-state index contributed by atoms with van der Waals surface area (Å²) in [4.78, 5) is 16.7. The number of anilines is 3. The summed E-state index contributed by atoms with van der Waals surface area (Å²) in [6, 6.07) is 9.04. The van der Waals surface area contributed by atoms with Crippen LogP contribution in [0.5, 0.6) is 0 Å². The Balaban J connectivity index is 1.41. The topological polar surface area (TPSA) is 101 Å². The number of fused-ring (bicyclic) bond motifs is 1. The van der Waals surface area contributed by atoms with Crippen LogP contribution in [0, 0.1) is 11.1 Å². The average molecular weight is 479 g/mol. The fourth-order valence-electron chi connectivity index (χ4n) is 5.30. The van der Waals surface area contributed by atoms with E-state index in [-0.39, 0.29) is 11.7 Å². The van der Waals surface area contributed by atoms with Crippen molar-refractivity contribution in [2.45, 2.75) is 50.2 Å². The predicted molar refractivity (Wildman–Crippen MR) is 137 cm³/mol. The van der Waals surface area contributed by atoms with Gasteiger partial charge in [0, 0.05) is 31.7 Å². The smallest absolute Gasteiger partial charge is 0.296 e. The lowest BCUT2D eigenvalue weighted by atomic mass is 9.79. The van der Waals surface area contributed by atoms with Gasteiger partial charge in [-0.1, -0.05) is 0 Å². The van der Waals surface area contributed by atoms with Crippen molar-refractivity contribution in [3.63, 3.8) is 0 Å². The lowest BCUT2D eigenvalue weighted by Gasteiger charge is -2.36. The Kier molecular flexibility index (Phi) is 5.83. The molecule has 0 unspecified atom stereocenters. The molecule has 0 saturated heterocycles. The van der Waals surface area contributed by atoms with Crippen LogP contribution in [-0.4, -0.2) is 54.6 Å². The SMILES string of the molecule is CN(C)c1cc2nn(C3CCC(O)(C4CC4)CC3)cc2cc1NC(=O)c1cccc(N(C)C)[n+]1[O-]. The summed E-state index contributed by atoms with van der Waals surface area (Å²) in [5.74, 6) is 0.411. The van der Waals surface area contributed by atoms with Crippen molar-refractivity contribution in [2.75, 3.05) is 43.3 Å². The highest BCUT2D eigenvalue weighted by atomic mass is 16.5. The molecule has 9 nitrogen and oxygen atoms in total. The molecule has 3 aromatic rings. The van der Waals surface area contributed by atoms with Crippen molar-refractivity contribution in [1.29, 1.82) is 0 Å². The Morgan fingerprint density at radius 1 is 1.14 bits per heavy atom. The van der Waals surface area contributed by atoms with E-state index in [4.69, 9.17) is 5.10 Å². The Bertz CT molecular complexity index is 1260. The Morgan fingerprint density at radius 3 is 2.49 bits per heavy atom. The van der Waals surface area contributed by atoms with Crippen LogP contribution in [0.2, 0.25) is 0 Å². The third kappa shape index (κ3) is 4.40.